The van der Waals surface area contributed by atoms with E-state index < -0.39 is 0 Å². The molecule has 0 aliphatic rings. The molecular weight excluding hydrogens is 226 g/mol. The molecule has 1 aromatic carbocycles. The lowest BCUT2D eigenvalue weighted by atomic mass is 10.1. The predicted octanol–water partition coefficient (Wildman–Crippen LogP) is 4.11. The first-order chi connectivity index (χ1) is 7.00. The van der Waals surface area contributed by atoms with Crippen LogP contribution in [0.1, 0.15) is 32.4 Å². The van der Waals surface area contributed by atoms with Gasteiger partial charge >= 0.3 is 0 Å². The molecule has 1 aromatic rings. The molecule has 0 unspecified atom stereocenters. The van der Waals surface area contributed by atoms with Crippen LogP contribution in [-0.4, -0.2) is 5.75 Å². The minimum absolute atomic E-state index is 0.0478. The number of hydrogen-bond acceptors (Lipinski definition) is 2. The van der Waals surface area contributed by atoms with Gasteiger partial charge in [-0.05, 0) is 30.5 Å². The van der Waals surface area contributed by atoms with E-state index in [1.54, 1.807) is 11.8 Å². The topological polar surface area (TPSA) is 26.0 Å². The molecule has 1 atom stereocenters. The quantitative estimate of drug-likeness (QED) is 0.806. The van der Waals surface area contributed by atoms with Gasteiger partial charge in [-0.1, -0.05) is 31.5 Å². The molecular formula is C12H18ClNS. The van der Waals surface area contributed by atoms with Crippen LogP contribution < -0.4 is 5.73 Å². The molecule has 0 amide bonds. The van der Waals surface area contributed by atoms with Crippen molar-refractivity contribution in [3.63, 3.8) is 0 Å². The second kappa shape index (κ2) is 5.78. The Morgan fingerprint density at radius 2 is 2.00 bits per heavy atom. The van der Waals surface area contributed by atoms with Crippen LogP contribution in [0.25, 0.3) is 0 Å². The van der Waals surface area contributed by atoms with Crippen LogP contribution in [-0.2, 0) is 0 Å². The van der Waals surface area contributed by atoms with Crippen molar-refractivity contribution >= 4 is 23.4 Å². The third-order valence-electron chi connectivity index (χ3n) is 2.05. The maximum absolute atomic E-state index is 6.18. The predicted molar refractivity (Wildman–Crippen MR) is 69.6 cm³/mol. The number of halogens is 1. The normalized spacial score (nSPS) is 13.2. The first-order valence-corrected chi connectivity index (χ1v) is 6.55. The second-order valence-electron chi connectivity index (χ2n) is 4.18. The third kappa shape index (κ3) is 4.06. The summed E-state index contributed by atoms with van der Waals surface area (Å²) in [5.74, 6) is 1.77. The molecule has 0 aliphatic carbocycles. The van der Waals surface area contributed by atoms with Crippen molar-refractivity contribution in [1.29, 1.82) is 0 Å². The van der Waals surface area contributed by atoms with Gasteiger partial charge in [-0.15, -0.1) is 11.8 Å². The zero-order valence-electron chi connectivity index (χ0n) is 9.46. The van der Waals surface area contributed by atoms with E-state index in [1.807, 2.05) is 13.0 Å². The van der Waals surface area contributed by atoms with Crippen molar-refractivity contribution in [2.45, 2.75) is 31.7 Å². The molecule has 0 saturated carbocycles. The summed E-state index contributed by atoms with van der Waals surface area (Å²) in [6.07, 6.45) is 0. The number of thioether (sulfide) groups is 1. The van der Waals surface area contributed by atoms with Crippen molar-refractivity contribution in [1.82, 2.24) is 0 Å². The van der Waals surface area contributed by atoms with E-state index in [2.05, 4.69) is 26.0 Å². The molecule has 3 heteroatoms. The summed E-state index contributed by atoms with van der Waals surface area (Å²) in [6, 6.07) is 6.13. The Morgan fingerprint density at radius 1 is 1.33 bits per heavy atom. The molecule has 0 fully saturated rings. The van der Waals surface area contributed by atoms with Gasteiger partial charge in [0.25, 0.3) is 0 Å². The van der Waals surface area contributed by atoms with Gasteiger partial charge in [-0.3, -0.25) is 0 Å². The Bertz CT molecular complexity index is 323. The minimum Gasteiger partial charge on any atom is -0.324 e. The van der Waals surface area contributed by atoms with Crippen LogP contribution in [0.2, 0.25) is 5.02 Å². The Balaban J connectivity index is 2.75. The van der Waals surface area contributed by atoms with Crippen LogP contribution in [0.15, 0.2) is 23.1 Å². The highest BCUT2D eigenvalue weighted by Crippen LogP contribution is 2.30. The van der Waals surface area contributed by atoms with Crippen LogP contribution in [0, 0.1) is 5.92 Å². The van der Waals surface area contributed by atoms with Gasteiger partial charge in [0.15, 0.2) is 0 Å². The fraction of sp³-hybridized carbons (Fsp3) is 0.500. The smallest absolute Gasteiger partial charge is 0.0545 e. The Morgan fingerprint density at radius 3 is 2.47 bits per heavy atom. The van der Waals surface area contributed by atoms with E-state index in [0.717, 1.165) is 21.2 Å². The molecule has 0 saturated heterocycles. The number of benzene rings is 1. The van der Waals surface area contributed by atoms with Crippen molar-refractivity contribution in [3.05, 3.63) is 28.8 Å². The Kier molecular flexibility index (Phi) is 4.97. The molecule has 1 rings (SSSR count). The number of hydrogen-bond donors (Lipinski definition) is 1. The van der Waals surface area contributed by atoms with Gasteiger partial charge < -0.3 is 5.73 Å². The van der Waals surface area contributed by atoms with Gasteiger partial charge in [-0.2, -0.15) is 0 Å². The van der Waals surface area contributed by atoms with Gasteiger partial charge in [0.2, 0.25) is 0 Å². The third-order valence-corrected chi connectivity index (χ3v) is 3.98. The van der Waals surface area contributed by atoms with Crippen LogP contribution in [0.5, 0.6) is 0 Å². The van der Waals surface area contributed by atoms with E-state index in [9.17, 15) is 0 Å². The van der Waals surface area contributed by atoms with Crippen LogP contribution in [0.4, 0.5) is 0 Å². The molecule has 0 bridgehead atoms. The van der Waals surface area contributed by atoms with Gasteiger partial charge in [0.1, 0.15) is 0 Å². The zero-order valence-corrected chi connectivity index (χ0v) is 11.0. The zero-order chi connectivity index (χ0) is 11.4. The lowest BCUT2D eigenvalue weighted by Gasteiger charge is -2.10. The first kappa shape index (κ1) is 12.9. The summed E-state index contributed by atoms with van der Waals surface area (Å²) < 4.78 is 0. The Labute approximate surface area is 101 Å². The largest absolute Gasteiger partial charge is 0.324 e. The van der Waals surface area contributed by atoms with Gasteiger partial charge in [-0.25, -0.2) is 0 Å². The fourth-order valence-electron chi connectivity index (χ4n) is 1.17. The van der Waals surface area contributed by atoms with Gasteiger partial charge in [0, 0.05) is 16.7 Å². The lowest BCUT2D eigenvalue weighted by molar-refractivity contribution is 0.750. The summed E-state index contributed by atoms with van der Waals surface area (Å²) >= 11 is 7.98. The molecule has 2 N–H and O–H groups in total. The molecule has 0 spiro atoms. The van der Waals surface area contributed by atoms with Crippen molar-refractivity contribution in [2.75, 3.05) is 5.75 Å². The van der Waals surface area contributed by atoms with Gasteiger partial charge in [0.05, 0.1) is 5.02 Å². The fourth-order valence-corrected chi connectivity index (χ4v) is 2.40. The first-order valence-electron chi connectivity index (χ1n) is 5.18. The molecule has 0 radical (unpaired) electrons. The van der Waals surface area contributed by atoms with Crippen molar-refractivity contribution in [2.24, 2.45) is 11.7 Å². The van der Waals surface area contributed by atoms with E-state index in [1.165, 1.54) is 0 Å². The number of nitrogens with two attached hydrogens (primary N) is 1. The molecule has 1 nitrogen and oxygen atoms in total. The van der Waals surface area contributed by atoms with Crippen LogP contribution in [0.3, 0.4) is 0 Å². The van der Waals surface area contributed by atoms with E-state index in [-0.39, 0.29) is 6.04 Å². The summed E-state index contributed by atoms with van der Waals surface area (Å²) in [7, 11) is 0. The van der Waals surface area contributed by atoms with Crippen LogP contribution >= 0.6 is 23.4 Å². The maximum Gasteiger partial charge on any atom is 0.0545 e. The standard InChI is InChI=1S/C12H18ClNS/c1-8(2)7-15-12-5-4-10(9(3)14)6-11(12)13/h4-6,8-9H,7,14H2,1-3H3/t9-/m0/s1. The highest BCUT2D eigenvalue weighted by molar-refractivity contribution is 7.99. The number of rotatable bonds is 4. The summed E-state index contributed by atoms with van der Waals surface area (Å²) in [5.41, 5.74) is 6.88. The molecule has 84 valence electrons. The highest BCUT2D eigenvalue weighted by Gasteiger charge is 2.06. The monoisotopic (exact) mass is 243 g/mol. The molecule has 0 aromatic heterocycles. The van der Waals surface area contributed by atoms with E-state index in [4.69, 9.17) is 17.3 Å². The second-order valence-corrected chi connectivity index (χ2v) is 5.65. The van der Waals surface area contributed by atoms with E-state index >= 15 is 0 Å². The SMILES string of the molecule is CC(C)CSc1ccc([C@H](C)N)cc1Cl. The minimum atomic E-state index is 0.0478. The highest BCUT2D eigenvalue weighted by atomic mass is 35.5. The maximum atomic E-state index is 6.18. The van der Waals surface area contributed by atoms with Crippen molar-refractivity contribution in [3.8, 4) is 0 Å². The summed E-state index contributed by atoms with van der Waals surface area (Å²) in [6.45, 7) is 6.38. The van der Waals surface area contributed by atoms with E-state index in [0.29, 0.717) is 5.92 Å². The Hall–Kier alpha value is -0.180. The summed E-state index contributed by atoms with van der Waals surface area (Å²) in [4.78, 5) is 1.15. The molecule has 0 heterocycles. The lowest BCUT2D eigenvalue weighted by Crippen LogP contribution is -2.04. The van der Waals surface area contributed by atoms with Crippen molar-refractivity contribution < 1.29 is 0 Å². The molecule has 15 heavy (non-hydrogen) atoms. The average Bonchev–Trinajstić information content (AvgIpc) is 2.15. The molecule has 0 aliphatic heterocycles. The summed E-state index contributed by atoms with van der Waals surface area (Å²) in [5, 5.41) is 0.815. The average molecular weight is 244 g/mol.